The number of amides is 4. The van der Waals surface area contributed by atoms with Gasteiger partial charge in [0.1, 0.15) is 17.9 Å². The zero-order chi connectivity index (χ0) is 59.3. The van der Waals surface area contributed by atoms with Crippen molar-refractivity contribution in [3.05, 3.63) is 54.1 Å². The topological polar surface area (TPSA) is 445 Å². The van der Waals surface area contributed by atoms with Crippen LogP contribution in [0, 0.1) is 17.8 Å². The molecular weight excluding hydrogens is 1060 g/mol. The number of aliphatic hydroxyl groups is 2. The van der Waals surface area contributed by atoms with Gasteiger partial charge in [-0.2, -0.15) is 0 Å². The van der Waals surface area contributed by atoms with E-state index in [9.17, 15) is 93.3 Å². The summed E-state index contributed by atoms with van der Waals surface area (Å²) in [5.41, 5.74) is 0.971. The zero-order valence-electron chi connectivity index (χ0n) is 44.4. The smallest absolute Gasteiger partial charge is 0.328 e. The molecule has 6 atom stereocenters. The Hall–Kier alpha value is -7.57. The molecule has 4 amide bonds. The third kappa shape index (κ3) is 25.9. The van der Waals surface area contributed by atoms with Crippen LogP contribution in [0.3, 0.4) is 0 Å². The molecule has 9 N–H and O–H groups in total. The number of benzene rings is 1. The average molecular weight is 1130 g/mol. The summed E-state index contributed by atoms with van der Waals surface area (Å²) < 4.78 is 0. The van der Waals surface area contributed by atoms with Gasteiger partial charge < -0.3 is 76.4 Å². The summed E-state index contributed by atoms with van der Waals surface area (Å²) in [6.45, 7) is -1.37. The lowest BCUT2D eigenvalue weighted by atomic mass is 9.90. The van der Waals surface area contributed by atoms with E-state index in [0.29, 0.717) is 11.3 Å². The summed E-state index contributed by atoms with van der Waals surface area (Å²) in [6.07, 6.45) is -0.227. The Balaban J connectivity index is 1.61. The summed E-state index contributed by atoms with van der Waals surface area (Å²) in [5, 5.41) is 82.8. The van der Waals surface area contributed by atoms with Crippen molar-refractivity contribution in [2.75, 3.05) is 98.3 Å². The number of carboxylic acids is 5. The molecule has 0 aliphatic carbocycles. The number of aliphatic hydroxyl groups excluding tert-OH is 2. The van der Waals surface area contributed by atoms with Gasteiger partial charge in [-0.1, -0.05) is 30.3 Å². The van der Waals surface area contributed by atoms with Gasteiger partial charge in [-0.25, -0.2) is 9.78 Å². The number of aromatic nitrogens is 2. The van der Waals surface area contributed by atoms with E-state index in [1.165, 1.54) is 34.1 Å². The number of nitrogens with zero attached hydrogens (tertiary/aromatic N) is 5. The van der Waals surface area contributed by atoms with E-state index < -0.39 is 165 Å². The predicted molar refractivity (Wildman–Crippen MR) is 270 cm³/mol. The molecular formula is C51H71N10O19-3. The number of H-pyrrole nitrogens is 1. The molecule has 1 aromatic heterocycles. The molecule has 0 bridgehead atoms. The number of carbonyl (C=O) groups is 12. The second-order valence-corrected chi connectivity index (χ2v) is 19.5. The van der Waals surface area contributed by atoms with Crippen molar-refractivity contribution in [2.45, 2.75) is 76.4 Å². The van der Waals surface area contributed by atoms with Crippen molar-refractivity contribution in [1.29, 1.82) is 0 Å². The van der Waals surface area contributed by atoms with E-state index >= 15 is 0 Å². The fraction of sp³-hybridized carbons (Fsp3) is 0.588. The highest BCUT2D eigenvalue weighted by molar-refractivity contribution is 5.97. The molecule has 1 aromatic carbocycles. The normalized spacial score (nSPS) is 16.4. The maximum Gasteiger partial charge on any atom is 0.328 e. The first-order valence-corrected chi connectivity index (χ1v) is 25.9. The van der Waals surface area contributed by atoms with Crippen molar-refractivity contribution in [3.63, 3.8) is 0 Å². The molecule has 0 unspecified atom stereocenters. The number of nitrogens with one attached hydrogen (secondary N) is 5. The molecule has 1 aliphatic heterocycles. The number of hydrogen-bond donors (Lipinski definition) is 9. The summed E-state index contributed by atoms with van der Waals surface area (Å²) in [6, 6.07) is 3.74. The highest BCUT2D eigenvalue weighted by Gasteiger charge is 2.34. The van der Waals surface area contributed by atoms with E-state index in [2.05, 4.69) is 31.2 Å². The number of ketones is 3. The number of carboxylic acid groups (broad SMARTS) is 5. The average Bonchev–Trinajstić information content (AvgIpc) is 3.91. The number of rotatable bonds is 35. The predicted octanol–water partition coefficient (Wildman–Crippen LogP) is -7.69. The fourth-order valence-corrected chi connectivity index (χ4v) is 8.66. The van der Waals surface area contributed by atoms with Crippen LogP contribution in [0.15, 0.2) is 42.9 Å². The van der Waals surface area contributed by atoms with E-state index in [1.54, 1.807) is 35.2 Å². The highest BCUT2D eigenvalue weighted by atomic mass is 16.4. The van der Waals surface area contributed by atoms with Crippen LogP contribution in [0.4, 0.5) is 0 Å². The van der Waals surface area contributed by atoms with Crippen LogP contribution in [-0.4, -0.2) is 237 Å². The van der Waals surface area contributed by atoms with Gasteiger partial charge in [0, 0.05) is 128 Å². The number of carbonyl (C=O) groups excluding carboxylic acids is 10. The van der Waals surface area contributed by atoms with Gasteiger partial charge in [-0.15, -0.1) is 0 Å². The first kappa shape index (κ1) is 66.7. The minimum atomic E-state index is -1.68. The number of aliphatic carboxylic acids is 5. The number of aromatic amines is 1. The first-order valence-electron chi connectivity index (χ1n) is 25.9. The first-order chi connectivity index (χ1) is 38.0. The lowest BCUT2D eigenvalue weighted by molar-refractivity contribution is -0.308. The lowest BCUT2D eigenvalue weighted by Crippen LogP contribution is -2.52. The molecule has 1 saturated heterocycles. The summed E-state index contributed by atoms with van der Waals surface area (Å²) in [5.74, 6) is -16.4. The Morgan fingerprint density at radius 2 is 1.07 bits per heavy atom. The van der Waals surface area contributed by atoms with Crippen LogP contribution in [0.5, 0.6) is 0 Å². The van der Waals surface area contributed by atoms with Gasteiger partial charge >= 0.3 is 11.9 Å². The van der Waals surface area contributed by atoms with Crippen LogP contribution in [-0.2, 0) is 70.4 Å². The monoisotopic (exact) mass is 1130 g/mol. The van der Waals surface area contributed by atoms with E-state index in [4.69, 9.17) is 0 Å². The minimum absolute atomic E-state index is 0.0333. The molecule has 0 spiro atoms. The molecule has 0 radical (unpaired) electrons. The third-order valence-electron chi connectivity index (χ3n) is 13.1. The Morgan fingerprint density at radius 3 is 1.54 bits per heavy atom. The van der Waals surface area contributed by atoms with Gasteiger partial charge in [0.05, 0.1) is 68.3 Å². The Kier molecular flexibility index (Phi) is 29.3. The Bertz CT molecular complexity index is 2380. The standard InChI is InChI=1S/C51H74N10O19/c1-32(41(65)21-35(19-37-24-52-31-54-37)50(78)56-39(29-62)42(66)22-34(18-33-6-3-2-4-7-33)49(77)57-40(30-63)51(79)80)55-48(76)36(23-44(68)69)20-38(64)8-5-9-53-43(67)25-58-10-12-59(26-45(70)71)14-16-61(28-47(74)75)17-15-60(13-11-58)27-46(72)73/h2-4,6-7,24,31-32,34-36,39-40,62-63H,5,8-23,25-30H2,1H3,(H,52,54)(H,53,67)(H,55,76)(H,56,78)(H,57,77)(H,68,69)(H,70,71)(H,72,73)(H,74,75)(H,79,80)/p-3/t32-,34+,35+,36-,39-,40-/m0/s1. The van der Waals surface area contributed by atoms with Crippen molar-refractivity contribution in [3.8, 4) is 0 Å². The van der Waals surface area contributed by atoms with Crippen LogP contribution < -0.4 is 36.6 Å². The molecule has 2 heterocycles. The maximum absolute atomic E-state index is 13.9. The van der Waals surface area contributed by atoms with E-state index in [1.807, 2.05) is 0 Å². The van der Waals surface area contributed by atoms with Gasteiger partial charge in [-0.05, 0) is 25.3 Å². The van der Waals surface area contributed by atoms with Crippen molar-refractivity contribution in [2.24, 2.45) is 17.8 Å². The maximum atomic E-state index is 13.9. The molecule has 1 aliphatic rings. The summed E-state index contributed by atoms with van der Waals surface area (Å²) >= 11 is 0. The van der Waals surface area contributed by atoms with Crippen LogP contribution in [0.1, 0.15) is 56.7 Å². The molecule has 29 heteroatoms. The molecule has 442 valence electrons. The highest BCUT2D eigenvalue weighted by Crippen LogP contribution is 2.19. The van der Waals surface area contributed by atoms with Crippen molar-refractivity contribution in [1.82, 2.24) is 50.8 Å². The Morgan fingerprint density at radius 1 is 0.600 bits per heavy atom. The largest absolute Gasteiger partial charge is 0.549 e. The number of imidazole rings is 1. The van der Waals surface area contributed by atoms with Gasteiger partial charge in [-0.3, -0.25) is 58.0 Å². The molecule has 2 aromatic rings. The van der Waals surface area contributed by atoms with Crippen molar-refractivity contribution >= 4 is 70.8 Å². The molecule has 80 heavy (non-hydrogen) atoms. The minimum Gasteiger partial charge on any atom is -0.549 e. The van der Waals surface area contributed by atoms with Gasteiger partial charge in [0.2, 0.25) is 23.6 Å². The van der Waals surface area contributed by atoms with Crippen LogP contribution >= 0.6 is 0 Å². The lowest BCUT2D eigenvalue weighted by Gasteiger charge is -2.34. The van der Waals surface area contributed by atoms with Crippen LogP contribution in [0.25, 0.3) is 0 Å². The summed E-state index contributed by atoms with van der Waals surface area (Å²) in [4.78, 5) is 165. The third-order valence-corrected chi connectivity index (χ3v) is 13.1. The summed E-state index contributed by atoms with van der Waals surface area (Å²) in [7, 11) is 0. The molecule has 1 fully saturated rings. The number of Topliss-reactive ketones (excluding diaryl/α,β-unsaturated/α-hetero) is 3. The molecule has 0 saturated carbocycles. The molecule has 29 nitrogen and oxygen atoms in total. The van der Waals surface area contributed by atoms with Crippen LogP contribution in [0.2, 0.25) is 0 Å². The van der Waals surface area contributed by atoms with Crippen molar-refractivity contribution < 1.29 is 93.3 Å². The quantitative estimate of drug-likeness (QED) is 0.0290. The number of hydrogen-bond acceptors (Lipinski definition) is 22. The van der Waals surface area contributed by atoms with Gasteiger partial charge in [0.25, 0.3) is 0 Å². The van der Waals surface area contributed by atoms with E-state index in [0.717, 1.165) is 0 Å². The van der Waals surface area contributed by atoms with E-state index in [-0.39, 0.29) is 91.1 Å². The second-order valence-electron chi connectivity index (χ2n) is 19.5. The fourth-order valence-electron chi connectivity index (χ4n) is 8.66. The van der Waals surface area contributed by atoms with Gasteiger partial charge in [0.15, 0.2) is 11.6 Å². The Labute approximate surface area is 460 Å². The zero-order valence-corrected chi connectivity index (χ0v) is 44.4. The molecule has 3 rings (SSSR count). The SMILES string of the molecule is C[C@H](NC(=O)[C@H](CC(=O)O)CC(=O)CCCNC(=O)CN1CCN(CC(=O)[O-])CCN(CC(=O)[O-])CCN(CC(=O)[O-])CC1)C(=O)C[C@@H](Cc1cnc[nH]1)C(=O)N[C@@H](CO)C(=O)C[C@@H](Cc1ccccc1)C(=O)N[C@@H](CO)C(=O)O. The second kappa shape index (κ2) is 35.1.